The first-order chi connectivity index (χ1) is 14.3. The number of amides is 1. The summed E-state index contributed by atoms with van der Waals surface area (Å²) in [6.07, 6.45) is 8.64. The second-order valence-electron chi connectivity index (χ2n) is 8.27. The molecule has 1 N–H and O–H groups in total. The van der Waals surface area contributed by atoms with Crippen molar-refractivity contribution in [2.24, 2.45) is 0 Å². The molecule has 0 bridgehead atoms. The smallest absolute Gasteiger partial charge is 0.254 e. The van der Waals surface area contributed by atoms with Gasteiger partial charge in [-0.05, 0) is 30.5 Å². The van der Waals surface area contributed by atoms with Crippen LogP contribution in [0.5, 0.6) is 0 Å². The molecule has 1 unspecified atom stereocenters. The van der Waals surface area contributed by atoms with Gasteiger partial charge in [0.15, 0.2) is 5.60 Å². The Morgan fingerprint density at radius 1 is 1.10 bits per heavy atom. The second kappa shape index (κ2) is 9.51. The van der Waals surface area contributed by atoms with Gasteiger partial charge in [0.25, 0.3) is 5.91 Å². The zero-order chi connectivity index (χ0) is 19.9. The highest BCUT2D eigenvalue weighted by molar-refractivity contribution is 5.86. The maximum atomic E-state index is 13.4. The van der Waals surface area contributed by atoms with Crippen molar-refractivity contribution < 1.29 is 9.53 Å². The minimum absolute atomic E-state index is 0.0347. The number of benzene rings is 1. The standard InChI is InChI=1S/C24H31N3O2/c28-23(26-18-20-9-3-1-4-10-20)24(17-21-11-7-8-14-25-21)19-27(15-16-29-24)22-12-5-2-6-13-22/h1,3-4,7-11,14,22H,2,5-6,12-13,15-19H2,(H,26,28). The summed E-state index contributed by atoms with van der Waals surface area (Å²) in [5.74, 6) is -0.0347. The van der Waals surface area contributed by atoms with Crippen LogP contribution in [0.3, 0.4) is 0 Å². The molecule has 29 heavy (non-hydrogen) atoms. The number of nitrogens with zero attached hydrogens (tertiary/aromatic N) is 2. The van der Waals surface area contributed by atoms with E-state index >= 15 is 0 Å². The van der Waals surface area contributed by atoms with Gasteiger partial charge in [0.1, 0.15) is 0 Å². The summed E-state index contributed by atoms with van der Waals surface area (Å²) in [4.78, 5) is 20.4. The fraction of sp³-hybridized carbons (Fsp3) is 0.500. The zero-order valence-corrected chi connectivity index (χ0v) is 17.1. The number of nitrogens with one attached hydrogen (secondary N) is 1. The van der Waals surface area contributed by atoms with E-state index in [0.717, 1.165) is 17.8 Å². The predicted molar refractivity (Wildman–Crippen MR) is 113 cm³/mol. The van der Waals surface area contributed by atoms with Crippen molar-refractivity contribution in [1.29, 1.82) is 0 Å². The molecule has 1 amide bonds. The van der Waals surface area contributed by atoms with Crippen LogP contribution in [-0.4, -0.2) is 47.1 Å². The van der Waals surface area contributed by atoms with Crippen LogP contribution in [0.2, 0.25) is 0 Å². The van der Waals surface area contributed by atoms with Gasteiger partial charge < -0.3 is 10.1 Å². The Balaban J connectivity index is 1.52. The Kier molecular flexibility index (Phi) is 6.57. The van der Waals surface area contributed by atoms with Crippen molar-refractivity contribution in [1.82, 2.24) is 15.2 Å². The van der Waals surface area contributed by atoms with E-state index in [1.807, 2.05) is 48.5 Å². The van der Waals surface area contributed by atoms with Crippen LogP contribution in [0, 0.1) is 0 Å². The molecule has 5 heteroatoms. The van der Waals surface area contributed by atoms with Crippen LogP contribution < -0.4 is 5.32 Å². The lowest BCUT2D eigenvalue weighted by Crippen LogP contribution is -2.62. The lowest BCUT2D eigenvalue weighted by Gasteiger charge is -2.45. The first-order valence-electron chi connectivity index (χ1n) is 10.9. The fourth-order valence-electron chi connectivity index (χ4n) is 4.63. The van der Waals surface area contributed by atoms with Crippen LogP contribution in [0.25, 0.3) is 0 Å². The first-order valence-corrected chi connectivity index (χ1v) is 10.9. The number of ether oxygens (including phenoxy) is 1. The quantitative estimate of drug-likeness (QED) is 0.818. The third-order valence-corrected chi connectivity index (χ3v) is 6.21. The van der Waals surface area contributed by atoms with Crippen molar-refractivity contribution in [3.05, 3.63) is 66.0 Å². The average Bonchev–Trinajstić information content (AvgIpc) is 2.79. The Hall–Kier alpha value is -2.24. The molecule has 1 aliphatic heterocycles. The van der Waals surface area contributed by atoms with Gasteiger partial charge in [-0.25, -0.2) is 0 Å². The van der Waals surface area contributed by atoms with Crippen molar-refractivity contribution in [2.45, 2.75) is 56.7 Å². The molecule has 4 rings (SSSR count). The number of aromatic nitrogens is 1. The number of hydrogen-bond donors (Lipinski definition) is 1. The van der Waals surface area contributed by atoms with E-state index in [1.165, 1.54) is 32.1 Å². The summed E-state index contributed by atoms with van der Waals surface area (Å²) in [7, 11) is 0. The lowest BCUT2D eigenvalue weighted by atomic mass is 9.89. The van der Waals surface area contributed by atoms with Gasteiger partial charge in [-0.1, -0.05) is 55.7 Å². The van der Waals surface area contributed by atoms with Crippen LogP contribution in [0.15, 0.2) is 54.7 Å². The van der Waals surface area contributed by atoms with E-state index in [-0.39, 0.29) is 5.91 Å². The normalized spacial score (nSPS) is 23.6. The topological polar surface area (TPSA) is 54.5 Å². The second-order valence-corrected chi connectivity index (χ2v) is 8.27. The van der Waals surface area contributed by atoms with Crippen LogP contribution in [0.1, 0.15) is 43.4 Å². The molecule has 2 fully saturated rings. The van der Waals surface area contributed by atoms with E-state index in [4.69, 9.17) is 4.74 Å². The molecule has 1 aromatic heterocycles. The third kappa shape index (κ3) is 5.03. The van der Waals surface area contributed by atoms with Crippen molar-refractivity contribution in [2.75, 3.05) is 19.7 Å². The third-order valence-electron chi connectivity index (χ3n) is 6.21. The molecule has 2 aliphatic rings. The predicted octanol–water partition coefficient (Wildman–Crippen LogP) is 3.34. The molecule has 5 nitrogen and oxygen atoms in total. The van der Waals surface area contributed by atoms with Gasteiger partial charge in [-0.15, -0.1) is 0 Å². The molecule has 1 aromatic carbocycles. The molecular weight excluding hydrogens is 362 g/mol. The van der Waals surface area contributed by atoms with Gasteiger partial charge in [0, 0.05) is 44.0 Å². The number of pyridine rings is 1. The molecule has 2 heterocycles. The van der Waals surface area contributed by atoms with Crippen LogP contribution in [0.4, 0.5) is 0 Å². The molecule has 1 atom stereocenters. The Morgan fingerprint density at radius 3 is 2.66 bits per heavy atom. The van der Waals surface area contributed by atoms with Gasteiger partial charge in [0.2, 0.25) is 0 Å². The number of carbonyl (C=O) groups excluding carboxylic acids is 1. The van der Waals surface area contributed by atoms with E-state index in [0.29, 0.717) is 32.2 Å². The van der Waals surface area contributed by atoms with Crippen molar-refractivity contribution >= 4 is 5.91 Å². The summed E-state index contributed by atoms with van der Waals surface area (Å²) in [5, 5.41) is 3.13. The van der Waals surface area contributed by atoms with E-state index in [2.05, 4.69) is 15.2 Å². The van der Waals surface area contributed by atoms with Crippen molar-refractivity contribution in [3.63, 3.8) is 0 Å². The molecule has 154 valence electrons. The Bertz CT molecular complexity index is 777. The monoisotopic (exact) mass is 393 g/mol. The van der Waals surface area contributed by atoms with E-state index in [9.17, 15) is 4.79 Å². The molecule has 0 spiro atoms. The minimum atomic E-state index is -0.890. The zero-order valence-electron chi connectivity index (χ0n) is 17.1. The van der Waals surface area contributed by atoms with Gasteiger partial charge in [-0.3, -0.25) is 14.7 Å². The summed E-state index contributed by atoms with van der Waals surface area (Å²) >= 11 is 0. The Labute approximate surface area is 173 Å². The van der Waals surface area contributed by atoms with Crippen LogP contribution in [-0.2, 0) is 22.5 Å². The molecule has 1 saturated carbocycles. The summed E-state index contributed by atoms with van der Waals surface area (Å²) in [6.45, 7) is 2.63. The SMILES string of the molecule is O=C(NCc1ccccc1)C1(Cc2ccccn2)CN(C2CCCCC2)CCO1. The molecule has 0 radical (unpaired) electrons. The van der Waals surface area contributed by atoms with Crippen LogP contribution >= 0.6 is 0 Å². The largest absolute Gasteiger partial charge is 0.362 e. The lowest BCUT2D eigenvalue weighted by molar-refractivity contribution is -0.163. The van der Waals surface area contributed by atoms with Gasteiger partial charge in [-0.2, -0.15) is 0 Å². The average molecular weight is 394 g/mol. The molecule has 1 saturated heterocycles. The molecule has 2 aromatic rings. The number of morpholine rings is 1. The Morgan fingerprint density at radius 2 is 1.90 bits per heavy atom. The molecular formula is C24H31N3O2. The number of rotatable bonds is 6. The van der Waals surface area contributed by atoms with Gasteiger partial charge in [0.05, 0.1) is 6.61 Å². The highest BCUT2D eigenvalue weighted by atomic mass is 16.5. The fourth-order valence-corrected chi connectivity index (χ4v) is 4.63. The number of hydrogen-bond acceptors (Lipinski definition) is 4. The van der Waals surface area contributed by atoms with Crippen molar-refractivity contribution in [3.8, 4) is 0 Å². The highest BCUT2D eigenvalue weighted by Gasteiger charge is 2.45. The van der Waals surface area contributed by atoms with E-state index < -0.39 is 5.60 Å². The summed E-state index contributed by atoms with van der Waals surface area (Å²) in [5.41, 5.74) is 1.10. The maximum Gasteiger partial charge on any atom is 0.254 e. The van der Waals surface area contributed by atoms with E-state index in [1.54, 1.807) is 6.20 Å². The number of carbonyl (C=O) groups is 1. The molecule has 1 aliphatic carbocycles. The van der Waals surface area contributed by atoms with Gasteiger partial charge >= 0.3 is 0 Å². The summed E-state index contributed by atoms with van der Waals surface area (Å²) < 4.78 is 6.25. The minimum Gasteiger partial charge on any atom is -0.362 e. The highest BCUT2D eigenvalue weighted by Crippen LogP contribution is 2.29. The maximum absolute atomic E-state index is 13.4. The first kappa shape index (κ1) is 20.0. The summed E-state index contributed by atoms with van der Waals surface area (Å²) in [6, 6.07) is 16.5.